The number of morpholine rings is 1. The van der Waals surface area contributed by atoms with Gasteiger partial charge in [0, 0.05) is 24.5 Å². The molecule has 31 heavy (non-hydrogen) atoms. The molecule has 1 fully saturated rings. The molecule has 0 radical (unpaired) electrons. The summed E-state index contributed by atoms with van der Waals surface area (Å²) in [6.45, 7) is 4.78. The Hall–Kier alpha value is -3.52. The molecule has 0 aliphatic carbocycles. The van der Waals surface area contributed by atoms with Crippen molar-refractivity contribution in [3.8, 4) is 28.4 Å². The zero-order valence-corrected chi connectivity index (χ0v) is 17.0. The minimum absolute atomic E-state index is 0.318. The monoisotopic (exact) mass is 423 g/mol. The van der Waals surface area contributed by atoms with Crippen molar-refractivity contribution < 1.29 is 28.2 Å². The molecule has 0 bridgehead atoms. The van der Waals surface area contributed by atoms with Gasteiger partial charge in [0.15, 0.2) is 11.5 Å². The third kappa shape index (κ3) is 3.70. The van der Waals surface area contributed by atoms with Crippen LogP contribution in [-0.4, -0.2) is 50.5 Å². The molecule has 2 aromatic carbocycles. The first-order valence-corrected chi connectivity index (χ1v) is 10.1. The Morgan fingerprint density at radius 2 is 1.74 bits per heavy atom. The fourth-order valence-corrected chi connectivity index (χ4v) is 3.84. The van der Waals surface area contributed by atoms with Crippen LogP contribution in [0, 0.1) is 6.92 Å². The lowest BCUT2D eigenvalue weighted by molar-refractivity contribution is 0.0416. The maximum absolute atomic E-state index is 12.8. The second-order valence-corrected chi connectivity index (χ2v) is 7.37. The largest absolute Gasteiger partial charge is 0.486 e. The Morgan fingerprint density at radius 1 is 0.968 bits per heavy atom. The summed E-state index contributed by atoms with van der Waals surface area (Å²) >= 11 is 0. The zero-order valence-electron chi connectivity index (χ0n) is 17.0. The van der Waals surface area contributed by atoms with Gasteiger partial charge in [-0.05, 0) is 42.3 Å². The molecule has 1 amide bonds. The number of nitrogens with zero attached hydrogens (tertiary/aromatic N) is 1. The molecule has 0 saturated carbocycles. The molecule has 2 aliphatic heterocycles. The predicted octanol–water partition coefficient (Wildman–Crippen LogP) is 3.37. The Labute approximate surface area is 177 Å². The van der Waals surface area contributed by atoms with Gasteiger partial charge in [-0.3, -0.25) is 0 Å². The van der Waals surface area contributed by atoms with Gasteiger partial charge in [-0.25, -0.2) is 9.59 Å². The van der Waals surface area contributed by atoms with Crippen LogP contribution in [0.1, 0.15) is 5.56 Å². The van der Waals surface area contributed by atoms with Crippen LogP contribution in [0.5, 0.6) is 17.2 Å². The van der Waals surface area contributed by atoms with E-state index in [9.17, 15) is 9.59 Å². The quantitative estimate of drug-likeness (QED) is 0.584. The summed E-state index contributed by atoms with van der Waals surface area (Å²) in [6, 6.07) is 10.4. The lowest BCUT2D eigenvalue weighted by atomic mass is 9.99. The molecule has 3 aromatic rings. The van der Waals surface area contributed by atoms with Crippen molar-refractivity contribution in [1.82, 2.24) is 4.90 Å². The van der Waals surface area contributed by atoms with E-state index in [-0.39, 0.29) is 0 Å². The van der Waals surface area contributed by atoms with E-state index in [1.54, 1.807) is 35.2 Å². The molecular formula is C23H21NO7. The van der Waals surface area contributed by atoms with Gasteiger partial charge in [-0.2, -0.15) is 0 Å². The summed E-state index contributed by atoms with van der Waals surface area (Å²) in [5.41, 5.74) is 1.81. The van der Waals surface area contributed by atoms with Crippen LogP contribution in [-0.2, 0) is 4.74 Å². The second kappa shape index (κ2) is 7.96. The summed E-state index contributed by atoms with van der Waals surface area (Å²) in [4.78, 5) is 26.7. The number of fused-ring (bicyclic) bond motifs is 2. The molecule has 5 rings (SSSR count). The SMILES string of the molecule is Cc1c(-c2ccc3c(c2)OCCO3)c(=O)oc2cc(OC(=O)N3CCOCC3)ccc12. The molecule has 8 nitrogen and oxygen atoms in total. The smallest absolute Gasteiger partial charge is 0.415 e. The average molecular weight is 423 g/mol. The molecule has 0 atom stereocenters. The van der Waals surface area contributed by atoms with Gasteiger partial charge in [0.25, 0.3) is 0 Å². The number of ether oxygens (including phenoxy) is 4. The Morgan fingerprint density at radius 3 is 2.55 bits per heavy atom. The van der Waals surface area contributed by atoms with E-state index in [4.69, 9.17) is 23.4 Å². The second-order valence-electron chi connectivity index (χ2n) is 7.37. The van der Waals surface area contributed by atoms with Gasteiger partial charge < -0.3 is 28.3 Å². The fraction of sp³-hybridized carbons (Fsp3) is 0.304. The highest BCUT2D eigenvalue weighted by atomic mass is 16.6. The Bertz CT molecular complexity index is 1210. The Balaban J connectivity index is 1.48. The van der Waals surface area contributed by atoms with Gasteiger partial charge in [-0.1, -0.05) is 6.07 Å². The highest BCUT2D eigenvalue weighted by molar-refractivity contribution is 5.88. The van der Waals surface area contributed by atoms with Crippen LogP contribution in [0.2, 0.25) is 0 Å². The third-order valence-corrected chi connectivity index (χ3v) is 5.44. The molecule has 160 valence electrons. The average Bonchev–Trinajstić information content (AvgIpc) is 2.79. The normalized spacial score (nSPS) is 15.7. The molecule has 8 heteroatoms. The number of hydrogen-bond acceptors (Lipinski definition) is 7. The van der Waals surface area contributed by atoms with E-state index in [0.29, 0.717) is 73.5 Å². The van der Waals surface area contributed by atoms with Gasteiger partial charge in [-0.15, -0.1) is 0 Å². The van der Waals surface area contributed by atoms with E-state index in [0.717, 1.165) is 10.9 Å². The van der Waals surface area contributed by atoms with E-state index in [2.05, 4.69) is 0 Å². The summed E-state index contributed by atoms with van der Waals surface area (Å²) in [7, 11) is 0. The van der Waals surface area contributed by atoms with Crippen molar-refractivity contribution >= 4 is 17.1 Å². The number of aryl methyl sites for hydroxylation is 1. The van der Waals surface area contributed by atoms with Crippen LogP contribution in [0.4, 0.5) is 4.79 Å². The minimum atomic E-state index is -0.474. The van der Waals surface area contributed by atoms with E-state index >= 15 is 0 Å². The van der Waals surface area contributed by atoms with Gasteiger partial charge in [0.2, 0.25) is 0 Å². The first kappa shape index (κ1) is 19.4. The third-order valence-electron chi connectivity index (χ3n) is 5.44. The fourth-order valence-electron chi connectivity index (χ4n) is 3.84. The molecule has 3 heterocycles. The van der Waals surface area contributed by atoms with Crippen molar-refractivity contribution in [2.24, 2.45) is 0 Å². The molecule has 1 saturated heterocycles. The van der Waals surface area contributed by atoms with Crippen molar-refractivity contribution in [3.05, 3.63) is 52.4 Å². The maximum Gasteiger partial charge on any atom is 0.415 e. The number of carbonyl (C=O) groups excluding carboxylic acids is 1. The van der Waals surface area contributed by atoms with E-state index in [1.165, 1.54) is 0 Å². The predicted molar refractivity (Wildman–Crippen MR) is 112 cm³/mol. The highest BCUT2D eigenvalue weighted by Gasteiger charge is 2.21. The summed E-state index contributed by atoms with van der Waals surface area (Å²) in [6.07, 6.45) is -0.449. The summed E-state index contributed by atoms with van der Waals surface area (Å²) in [5.74, 6) is 1.58. The lowest BCUT2D eigenvalue weighted by Gasteiger charge is -2.25. The van der Waals surface area contributed by atoms with Crippen LogP contribution >= 0.6 is 0 Å². The molecule has 2 aliphatic rings. The number of rotatable bonds is 2. The minimum Gasteiger partial charge on any atom is -0.486 e. The van der Waals surface area contributed by atoms with Crippen LogP contribution in [0.25, 0.3) is 22.1 Å². The van der Waals surface area contributed by atoms with Crippen molar-refractivity contribution in [2.75, 3.05) is 39.5 Å². The van der Waals surface area contributed by atoms with Crippen LogP contribution < -0.4 is 19.8 Å². The topological polar surface area (TPSA) is 87.4 Å². The van der Waals surface area contributed by atoms with E-state index < -0.39 is 11.7 Å². The molecule has 0 N–H and O–H groups in total. The summed E-state index contributed by atoms with van der Waals surface area (Å²) in [5, 5.41) is 0.760. The van der Waals surface area contributed by atoms with Crippen LogP contribution in [0.3, 0.4) is 0 Å². The van der Waals surface area contributed by atoms with E-state index in [1.807, 2.05) is 13.0 Å². The maximum atomic E-state index is 12.8. The first-order chi connectivity index (χ1) is 15.1. The number of benzene rings is 2. The van der Waals surface area contributed by atoms with Gasteiger partial charge >= 0.3 is 11.7 Å². The van der Waals surface area contributed by atoms with Gasteiger partial charge in [0.05, 0.1) is 18.8 Å². The van der Waals surface area contributed by atoms with Crippen molar-refractivity contribution in [2.45, 2.75) is 6.92 Å². The molecule has 1 aromatic heterocycles. The summed E-state index contributed by atoms with van der Waals surface area (Å²) < 4.78 is 27.5. The number of carbonyl (C=O) groups is 1. The van der Waals surface area contributed by atoms with Crippen molar-refractivity contribution in [3.63, 3.8) is 0 Å². The highest BCUT2D eigenvalue weighted by Crippen LogP contribution is 2.36. The first-order valence-electron chi connectivity index (χ1n) is 10.1. The number of hydrogen-bond donors (Lipinski definition) is 0. The molecule has 0 spiro atoms. The lowest BCUT2D eigenvalue weighted by Crippen LogP contribution is -2.42. The van der Waals surface area contributed by atoms with Gasteiger partial charge in [0.1, 0.15) is 24.5 Å². The van der Waals surface area contributed by atoms with Crippen LogP contribution in [0.15, 0.2) is 45.6 Å². The standard InChI is InChI=1S/C23H21NO7/c1-14-17-4-3-16(30-23(26)24-6-8-27-9-7-24)13-19(17)31-22(25)21(14)15-2-5-18-20(12-15)29-11-10-28-18/h2-5,12-13H,6-11H2,1H3. The number of amides is 1. The van der Waals surface area contributed by atoms with Crippen molar-refractivity contribution in [1.29, 1.82) is 0 Å². The molecule has 0 unspecified atom stereocenters. The zero-order chi connectivity index (χ0) is 21.4. The molecular weight excluding hydrogens is 402 g/mol. The Kier molecular flexibility index (Phi) is 4.99.